The zero-order valence-electron chi connectivity index (χ0n) is 11.4. The summed E-state index contributed by atoms with van der Waals surface area (Å²) in [7, 11) is 0. The average molecular weight is 267 g/mol. The molecule has 2 aliphatic rings. The third-order valence-corrected chi connectivity index (χ3v) is 4.66. The van der Waals surface area contributed by atoms with Gasteiger partial charge >= 0.3 is 0 Å². The third kappa shape index (κ3) is 2.77. The first kappa shape index (κ1) is 13.0. The van der Waals surface area contributed by atoms with E-state index in [0.29, 0.717) is 19.1 Å². The number of hydrogen-bond donors (Lipinski definition) is 1. The molecule has 3 heterocycles. The zero-order chi connectivity index (χ0) is 13.1. The highest BCUT2D eigenvalue weighted by atomic mass is 16.6. The van der Waals surface area contributed by atoms with E-state index in [2.05, 4.69) is 20.2 Å². The number of nitrogens with two attached hydrogens (primary N) is 1. The fraction of sp³-hybridized carbons (Fsp3) is 0.917. The van der Waals surface area contributed by atoms with Crippen LogP contribution in [0.4, 0.5) is 0 Å². The maximum absolute atomic E-state index is 5.00. The SMILES string of the molecule is NOCCn1nnc(C2CC[N+]3(CCCC3)CC2)n1. The number of nitrogens with zero attached hydrogens (tertiary/aromatic N) is 5. The molecule has 7 heteroatoms. The molecular weight excluding hydrogens is 244 g/mol. The summed E-state index contributed by atoms with van der Waals surface area (Å²) in [6, 6.07) is 0. The first-order valence-electron chi connectivity index (χ1n) is 7.26. The molecule has 106 valence electrons. The van der Waals surface area contributed by atoms with Gasteiger partial charge in [0.2, 0.25) is 0 Å². The molecule has 19 heavy (non-hydrogen) atoms. The minimum Gasteiger partial charge on any atom is -0.324 e. The van der Waals surface area contributed by atoms with E-state index in [1.165, 1.54) is 56.3 Å². The summed E-state index contributed by atoms with van der Waals surface area (Å²) < 4.78 is 1.34. The van der Waals surface area contributed by atoms with Crippen molar-refractivity contribution in [1.82, 2.24) is 20.2 Å². The Kier molecular flexibility index (Phi) is 3.76. The lowest BCUT2D eigenvalue weighted by molar-refractivity contribution is -0.921. The van der Waals surface area contributed by atoms with Crippen LogP contribution in [0.1, 0.15) is 37.4 Å². The van der Waals surface area contributed by atoms with Crippen molar-refractivity contribution in [1.29, 1.82) is 0 Å². The highest BCUT2D eigenvalue weighted by Crippen LogP contribution is 2.32. The summed E-state index contributed by atoms with van der Waals surface area (Å²) in [6.45, 7) is 6.30. The molecule has 1 aromatic rings. The van der Waals surface area contributed by atoms with Crippen LogP contribution in [0.2, 0.25) is 0 Å². The Morgan fingerprint density at radius 2 is 1.95 bits per heavy atom. The second kappa shape index (κ2) is 5.52. The van der Waals surface area contributed by atoms with Crippen molar-refractivity contribution in [3.05, 3.63) is 5.82 Å². The largest absolute Gasteiger partial charge is 0.324 e. The van der Waals surface area contributed by atoms with Crippen molar-refractivity contribution in [3.8, 4) is 0 Å². The van der Waals surface area contributed by atoms with Crippen LogP contribution in [0.25, 0.3) is 0 Å². The van der Waals surface area contributed by atoms with Crippen LogP contribution in [0.5, 0.6) is 0 Å². The van der Waals surface area contributed by atoms with Crippen molar-refractivity contribution < 1.29 is 9.32 Å². The van der Waals surface area contributed by atoms with Gasteiger partial charge < -0.3 is 9.32 Å². The molecule has 1 aromatic heterocycles. The van der Waals surface area contributed by atoms with Gasteiger partial charge in [-0.1, -0.05) is 0 Å². The summed E-state index contributed by atoms with van der Waals surface area (Å²) in [5, 5.41) is 12.7. The van der Waals surface area contributed by atoms with E-state index in [1.807, 2.05) is 0 Å². The van der Waals surface area contributed by atoms with E-state index < -0.39 is 0 Å². The molecule has 3 rings (SSSR count). The fourth-order valence-corrected chi connectivity index (χ4v) is 3.48. The van der Waals surface area contributed by atoms with Crippen LogP contribution in [0, 0.1) is 0 Å². The lowest BCUT2D eigenvalue weighted by atomic mass is 9.94. The van der Waals surface area contributed by atoms with Crippen LogP contribution in [-0.4, -0.2) is 57.5 Å². The van der Waals surface area contributed by atoms with Crippen molar-refractivity contribution in [3.63, 3.8) is 0 Å². The van der Waals surface area contributed by atoms with Gasteiger partial charge in [0.25, 0.3) is 0 Å². The van der Waals surface area contributed by atoms with Gasteiger partial charge in [-0.25, -0.2) is 5.90 Å². The summed E-state index contributed by atoms with van der Waals surface area (Å²) >= 11 is 0. The molecule has 0 unspecified atom stereocenters. The Bertz CT molecular complexity index is 404. The number of hydrogen-bond acceptors (Lipinski definition) is 5. The van der Waals surface area contributed by atoms with Gasteiger partial charge in [-0.15, -0.1) is 10.2 Å². The predicted octanol–water partition coefficient (Wildman–Crippen LogP) is 0.0514. The smallest absolute Gasteiger partial charge is 0.178 e. The Hall–Kier alpha value is -1.05. The van der Waals surface area contributed by atoms with Gasteiger partial charge in [-0.2, -0.15) is 4.80 Å². The van der Waals surface area contributed by atoms with Crippen LogP contribution >= 0.6 is 0 Å². The number of rotatable bonds is 4. The van der Waals surface area contributed by atoms with Crippen molar-refractivity contribution in [2.75, 3.05) is 32.8 Å². The lowest BCUT2D eigenvalue weighted by Gasteiger charge is -2.39. The molecule has 7 nitrogen and oxygen atoms in total. The minimum atomic E-state index is 0.417. The predicted molar refractivity (Wildman–Crippen MR) is 68.9 cm³/mol. The second-order valence-electron chi connectivity index (χ2n) is 5.83. The van der Waals surface area contributed by atoms with E-state index in [1.54, 1.807) is 4.80 Å². The Labute approximate surface area is 113 Å². The zero-order valence-corrected chi connectivity index (χ0v) is 11.4. The topological polar surface area (TPSA) is 78.9 Å². The molecule has 0 amide bonds. The van der Waals surface area contributed by atoms with Gasteiger partial charge in [0.15, 0.2) is 5.82 Å². The van der Waals surface area contributed by atoms with E-state index in [4.69, 9.17) is 5.90 Å². The molecule has 0 aliphatic carbocycles. The molecule has 0 atom stereocenters. The molecule has 0 aromatic carbocycles. The van der Waals surface area contributed by atoms with E-state index in [9.17, 15) is 0 Å². The van der Waals surface area contributed by atoms with Crippen LogP contribution < -0.4 is 5.90 Å². The van der Waals surface area contributed by atoms with Crippen molar-refractivity contribution >= 4 is 0 Å². The number of aromatic nitrogens is 4. The monoisotopic (exact) mass is 267 g/mol. The molecule has 2 saturated heterocycles. The first-order chi connectivity index (χ1) is 9.31. The van der Waals surface area contributed by atoms with Gasteiger partial charge in [-0.3, -0.25) is 0 Å². The number of piperidine rings is 1. The van der Waals surface area contributed by atoms with Gasteiger partial charge in [0.1, 0.15) is 0 Å². The van der Waals surface area contributed by atoms with Crippen molar-refractivity contribution in [2.24, 2.45) is 5.90 Å². The Balaban J connectivity index is 1.57. The maximum atomic E-state index is 5.00. The Morgan fingerprint density at radius 1 is 1.21 bits per heavy atom. The van der Waals surface area contributed by atoms with Gasteiger partial charge in [0, 0.05) is 31.6 Å². The number of tetrazole rings is 1. The summed E-state index contributed by atoms with van der Waals surface area (Å²) in [6.07, 6.45) is 5.19. The molecular formula is C12H23N6O+. The summed E-state index contributed by atoms with van der Waals surface area (Å²) in [5.74, 6) is 6.38. The second-order valence-corrected chi connectivity index (χ2v) is 5.83. The minimum absolute atomic E-state index is 0.417. The van der Waals surface area contributed by atoms with E-state index in [0.717, 1.165) is 5.82 Å². The number of quaternary nitrogens is 1. The molecule has 0 saturated carbocycles. The van der Waals surface area contributed by atoms with Crippen molar-refractivity contribution in [2.45, 2.75) is 38.1 Å². The lowest BCUT2D eigenvalue weighted by Crippen LogP contribution is -2.50. The quantitative estimate of drug-likeness (QED) is 0.616. The highest BCUT2D eigenvalue weighted by molar-refractivity contribution is 4.92. The average Bonchev–Trinajstić information content (AvgIpc) is 3.08. The normalized spacial score (nSPS) is 23.2. The Morgan fingerprint density at radius 3 is 2.63 bits per heavy atom. The third-order valence-electron chi connectivity index (χ3n) is 4.66. The fourth-order valence-electron chi connectivity index (χ4n) is 3.48. The maximum Gasteiger partial charge on any atom is 0.178 e. The molecule has 0 bridgehead atoms. The molecule has 0 radical (unpaired) electrons. The molecule has 2 fully saturated rings. The van der Waals surface area contributed by atoms with E-state index >= 15 is 0 Å². The standard InChI is InChI=1S/C12H23N6O/c13-19-10-5-17-15-12(14-16-17)11-3-8-18(9-4-11)6-1-2-7-18/h11H,1-10,13H2/q+1. The van der Waals surface area contributed by atoms with E-state index in [-0.39, 0.29) is 0 Å². The summed E-state index contributed by atoms with van der Waals surface area (Å²) in [5.41, 5.74) is 0. The van der Waals surface area contributed by atoms with Crippen LogP contribution in [-0.2, 0) is 11.4 Å². The van der Waals surface area contributed by atoms with Gasteiger partial charge in [0.05, 0.1) is 39.3 Å². The van der Waals surface area contributed by atoms with Crippen LogP contribution in [0.3, 0.4) is 0 Å². The van der Waals surface area contributed by atoms with Crippen LogP contribution in [0.15, 0.2) is 0 Å². The molecule has 2 N–H and O–H groups in total. The molecule has 2 aliphatic heterocycles. The van der Waals surface area contributed by atoms with Gasteiger partial charge in [-0.05, 0) is 5.21 Å². The highest BCUT2D eigenvalue weighted by Gasteiger charge is 2.37. The summed E-state index contributed by atoms with van der Waals surface area (Å²) in [4.78, 5) is 6.11. The molecule has 1 spiro atoms. The first-order valence-corrected chi connectivity index (χ1v) is 7.26.